The van der Waals surface area contributed by atoms with Crippen LogP contribution in [0.15, 0.2) is 23.5 Å². The molecule has 3 aliphatic heterocycles. The largest absolute Gasteiger partial charge is 0.496 e. The highest BCUT2D eigenvalue weighted by molar-refractivity contribution is 5.98. The van der Waals surface area contributed by atoms with Crippen molar-refractivity contribution in [1.82, 2.24) is 29.4 Å². The summed E-state index contributed by atoms with van der Waals surface area (Å²) in [6, 6.07) is -6.29. The Bertz CT molecular complexity index is 2080. The summed E-state index contributed by atoms with van der Waals surface area (Å²) in [5, 5.41) is 10.7. The predicted molar refractivity (Wildman–Crippen MR) is 289 cm³/mol. The Morgan fingerprint density at radius 2 is 1.22 bits per heavy atom. The maximum atomic E-state index is 14.8. The van der Waals surface area contributed by atoms with Gasteiger partial charge >= 0.3 is 11.9 Å². The average Bonchev–Trinajstić information content (AvgIpc) is 4.08. The lowest BCUT2D eigenvalue weighted by atomic mass is 9.93. The molecule has 0 bridgehead atoms. The van der Waals surface area contributed by atoms with E-state index in [2.05, 4.69) is 0 Å². The minimum atomic E-state index is -1.20. The number of amides is 6. The number of hydrogen-bond donors (Lipinski definition) is 1. The van der Waals surface area contributed by atoms with E-state index in [0.29, 0.717) is 56.9 Å². The molecular formula is C57H96N6O13. The van der Waals surface area contributed by atoms with E-state index < -0.39 is 120 Å². The van der Waals surface area contributed by atoms with Gasteiger partial charge in [0.25, 0.3) is 5.91 Å². The summed E-state index contributed by atoms with van der Waals surface area (Å²) in [7, 11) is 8.92. The van der Waals surface area contributed by atoms with Crippen molar-refractivity contribution < 1.29 is 62.4 Å². The van der Waals surface area contributed by atoms with Gasteiger partial charge in [-0.25, -0.2) is 4.79 Å². The van der Waals surface area contributed by atoms with Gasteiger partial charge in [0.1, 0.15) is 54.2 Å². The second-order valence-electron chi connectivity index (χ2n) is 22.8. The summed E-state index contributed by atoms with van der Waals surface area (Å²) in [5.41, 5.74) is 0.626. The highest BCUT2D eigenvalue weighted by Gasteiger charge is 2.48. The smallest absolute Gasteiger partial charge is 0.329 e. The van der Waals surface area contributed by atoms with E-state index >= 15 is 0 Å². The monoisotopic (exact) mass is 1070 g/mol. The molecule has 0 aromatic rings. The molecular weight excluding hydrogens is 977 g/mol. The first-order chi connectivity index (χ1) is 35.6. The molecule has 19 nitrogen and oxygen atoms in total. The first kappa shape index (κ1) is 65.2. The van der Waals surface area contributed by atoms with Crippen LogP contribution in [-0.2, 0) is 57.3 Å². The summed E-state index contributed by atoms with van der Waals surface area (Å²) in [4.78, 5) is 125. The number of nitrogens with zero attached hydrogens (tertiary/aromatic N) is 6. The van der Waals surface area contributed by atoms with Crippen LogP contribution in [0.25, 0.3) is 0 Å². The average molecular weight is 1070 g/mol. The lowest BCUT2D eigenvalue weighted by Crippen LogP contribution is -2.62. The fourth-order valence-corrected chi connectivity index (χ4v) is 10.7. The van der Waals surface area contributed by atoms with Crippen LogP contribution >= 0.6 is 0 Å². The topological polar surface area (TPSA) is 213 Å². The Labute approximate surface area is 454 Å². The Morgan fingerprint density at radius 3 is 1.76 bits per heavy atom. The van der Waals surface area contributed by atoms with Crippen molar-refractivity contribution in [2.45, 2.75) is 195 Å². The number of carbonyl (C=O) groups is 8. The number of allylic oxidation sites excluding steroid dienone is 2. The number of ether oxygens (including phenoxy) is 4. The zero-order valence-electron chi connectivity index (χ0n) is 49.3. The second kappa shape index (κ2) is 29.6. The summed E-state index contributed by atoms with van der Waals surface area (Å²) >= 11 is 0. The van der Waals surface area contributed by atoms with Crippen molar-refractivity contribution in [2.24, 2.45) is 35.5 Å². The summed E-state index contributed by atoms with van der Waals surface area (Å²) < 4.78 is 23.5. The number of methoxy groups -OCH3 is 2. The molecule has 3 heterocycles. The molecule has 3 rings (SSSR count). The van der Waals surface area contributed by atoms with Crippen molar-refractivity contribution in [3.8, 4) is 0 Å². The number of esters is 2. The minimum absolute atomic E-state index is 0.00737. The number of carbonyl (C=O) groups excluding carboxylic acids is 8. The summed E-state index contributed by atoms with van der Waals surface area (Å²) in [6.07, 6.45) is 4.66. The molecule has 6 amide bonds. The van der Waals surface area contributed by atoms with Crippen LogP contribution in [-0.4, -0.2) is 199 Å². The number of fused-ring (bicyclic) bond motifs is 2. The predicted octanol–water partition coefficient (Wildman–Crippen LogP) is 5.46. The van der Waals surface area contributed by atoms with E-state index in [0.717, 1.165) is 0 Å². The van der Waals surface area contributed by atoms with Gasteiger partial charge in [0.2, 0.25) is 29.5 Å². The van der Waals surface area contributed by atoms with Gasteiger partial charge in [0.15, 0.2) is 0 Å². The first-order valence-corrected chi connectivity index (χ1v) is 27.8. The fraction of sp³-hybridized carbons (Fsp3) is 0.789. The third-order valence-corrected chi connectivity index (χ3v) is 16.3. The van der Waals surface area contributed by atoms with E-state index in [9.17, 15) is 43.5 Å². The molecule has 2 saturated heterocycles. The molecule has 3 aliphatic rings. The Kier molecular flexibility index (Phi) is 25.4. The van der Waals surface area contributed by atoms with Crippen molar-refractivity contribution in [1.29, 1.82) is 0 Å². The van der Waals surface area contributed by atoms with Crippen LogP contribution in [0.1, 0.15) is 141 Å². The van der Waals surface area contributed by atoms with Gasteiger partial charge in [-0.15, -0.1) is 0 Å². The first-order valence-electron chi connectivity index (χ1n) is 27.8. The van der Waals surface area contributed by atoms with Gasteiger partial charge in [-0.1, -0.05) is 74.8 Å². The number of cyclic esters (lactones) is 2. The third-order valence-electron chi connectivity index (χ3n) is 16.3. The SMILES string of the molecule is CC[C@H](C)[C@H]1C(=O)N(C)[C@@H](C(C)C)C(=O)N(C)[C@@H](COC)C(=O)N2CCC[C@H]2C(=O)N(C)[C@@H](C(C)C)C(=O)N2CCC[C@H]2C(=O)O[C@H](CCC[C@H](O)C(C)C)[C@@H](C)C(=O)O[C@H](C)[C@@H](C)C/C=C(C)/C(OC)=C\C(=O)N1C. The lowest BCUT2D eigenvalue weighted by Gasteiger charge is -2.41. The van der Waals surface area contributed by atoms with Crippen LogP contribution in [0.2, 0.25) is 0 Å². The van der Waals surface area contributed by atoms with Gasteiger partial charge in [-0.05, 0) is 107 Å². The summed E-state index contributed by atoms with van der Waals surface area (Å²) in [6.45, 7) is 22.2. The molecule has 12 atom stereocenters. The van der Waals surface area contributed by atoms with Crippen LogP contribution < -0.4 is 0 Å². The molecule has 19 heteroatoms. The molecule has 0 radical (unpaired) electrons. The van der Waals surface area contributed by atoms with Crippen molar-refractivity contribution in [3.63, 3.8) is 0 Å². The number of rotatable bonds is 12. The van der Waals surface area contributed by atoms with Crippen molar-refractivity contribution in [3.05, 3.63) is 23.5 Å². The van der Waals surface area contributed by atoms with Crippen molar-refractivity contribution in [2.75, 3.05) is 62.1 Å². The van der Waals surface area contributed by atoms with Gasteiger partial charge < -0.3 is 53.5 Å². The molecule has 0 aromatic carbocycles. The molecule has 0 saturated carbocycles. The highest BCUT2D eigenvalue weighted by atomic mass is 16.6. The molecule has 0 unspecified atom stereocenters. The molecule has 432 valence electrons. The molecule has 1 N–H and O–H groups in total. The zero-order chi connectivity index (χ0) is 57.6. The second-order valence-corrected chi connectivity index (χ2v) is 22.8. The summed E-state index contributed by atoms with van der Waals surface area (Å²) in [5.74, 6) is -6.34. The van der Waals surface area contributed by atoms with E-state index in [4.69, 9.17) is 18.9 Å². The zero-order valence-corrected chi connectivity index (χ0v) is 49.3. The quantitative estimate of drug-likeness (QED) is 0.241. The molecule has 2 fully saturated rings. The molecule has 0 spiro atoms. The van der Waals surface area contributed by atoms with Crippen LogP contribution in [0.4, 0.5) is 0 Å². The molecule has 0 aromatic heterocycles. The Balaban J connectivity index is 2.20. The van der Waals surface area contributed by atoms with Gasteiger partial charge in [-0.2, -0.15) is 0 Å². The van der Waals surface area contributed by atoms with Crippen LogP contribution in [0.5, 0.6) is 0 Å². The van der Waals surface area contributed by atoms with Gasteiger partial charge in [-0.3, -0.25) is 33.6 Å². The number of hydrogen-bond acceptors (Lipinski definition) is 13. The maximum absolute atomic E-state index is 14.8. The number of aliphatic hydroxyl groups excluding tert-OH is 1. The van der Waals surface area contributed by atoms with E-state index in [1.165, 1.54) is 77.9 Å². The number of aliphatic hydroxyl groups is 1. The highest BCUT2D eigenvalue weighted by Crippen LogP contribution is 2.30. The van der Waals surface area contributed by atoms with E-state index in [1.807, 2.05) is 54.5 Å². The fourth-order valence-electron chi connectivity index (χ4n) is 10.7. The van der Waals surface area contributed by atoms with Crippen molar-refractivity contribution >= 4 is 47.4 Å². The third kappa shape index (κ3) is 16.0. The Morgan fingerprint density at radius 1 is 0.684 bits per heavy atom. The number of likely N-dealkylation sites (N-methyl/N-ethyl adjacent to an activating group) is 4. The lowest BCUT2D eigenvalue weighted by molar-refractivity contribution is -0.170. The standard InChI is InChI=1S/C57H96N6O13/c1-19-36(8)50-54(69)61(16)48(34(4)5)53(68)58(13)43(32-73-17)52(67)62-29-21-23-41(62)51(66)60(15)49(35(6)7)55(70)63-30-22-24-42(63)57(72)76-45(26-20-25-44(64)33(2)3)39(11)56(71)75-40(12)37(9)27-28-38(10)46(74-18)31-47(65)59(50)14/h28,31,33-37,39-45,48-50,64H,19-27,29-30,32H2,1-18H3/b38-28+,46-31+/t36-,37-,39+,40+,41-,42-,43-,44-,45+,48-,49-,50-/m0/s1. The normalized spacial score (nSPS) is 30.7. The minimum Gasteiger partial charge on any atom is -0.496 e. The molecule has 0 aliphatic carbocycles. The van der Waals surface area contributed by atoms with E-state index in [1.54, 1.807) is 34.6 Å². The van der Waals surface area contributed by atoms with Gasteiger partial charge in [0, 0.05) is 54.5 Å². The maximum Gasteiger partial charge on any atom is 0.329 e. The van der Waals surface area contributed by atoms with E-state index in [-0.39, 0.29) is 49.6 Å². The van der Waals surface area contributed by atoms with Gasteiger partial charge in [0.05, 0.1) is 25.7 Å². The van der Waals surface area contributed by atoms with Crippen LogP contribution in [0.3, 0.4) is 0 Å². The van der Waals surface area contributed by atoms with Crippen LogP contribution in [0, 0.1) is 35.5 Å². The Hall–Kier alpha value is -5.04. The molecule has 76 heavy (non-hydrogen) atoms.